The minimum atomic E-state index is -0.253. The Kier molecular flexibility index (Phi) is 3.43. The molecule has 1 amide bonds. The van der Waals surface area contributed by atoms with Crippen LogP contribution in [0.3, 0.4) is 0 Å². The van der Waals surface area contributed by atoms with Gasteiger partial charge in [0.15, 0.2) is 6.10 Å². The summed E-state index contributed by atoms with van der Waals surface area (Å²) in [6, 6.07) is 11.6. The number of nitrogens with zero attached hydrogens (tertiary/aromatic N) is 3. The fourth-order valence-corrected chi connectivity index (χ4v) is 2.27. The van der Waals surface area contributed by atoms with E-state index in [-0.39, 0.29) is 12.0 Å². The first kappa shape index (κ1) is 13.4. The molecule has 0 fully saturated rings. The third kappa shape index (κ3) is 2.79. The van der Waals surface area contributed by atoms with E-state index in [1.165, 1.54) is 0 Å². The number of rotatable bonds is 3. The third-order valence-electron chi connectivity index (χ3n) is 3.35. The van der Waals surface area contributed by atoms with Crippen LogP contribution in [0.2, 0.25) is 0 Å². The molecular formula is C15H16N4O2. The lowest BCUT2D eigenvalue weighted by Gasteiger charge is -2.07. The molecule has 0 spiro atoms. The maximum atomic E-state index is 12.2. The highest BCUT2D eigenvalue weighted by atomic mass is 16.6. The van der Waals surface area contributed by atoms with Gasteiger partial charge < -0.3 is 10.2 Å². The molecule has 0 aliphatic carbocycles. The van der Waals surface area contributed by atoms with Crippen molar-refractivity contribution in [2.24, 2.45) is 12.2 Å². The second-order valence-electron chi connectivity index (χ2n) is 5.00. The van der Waals surface area contributed by atoms with Gasteiger partial charge in [0.2, 0.25) is 0 Å². The number of hydrogen-bond acceptors (Lipinski definition) is 4. The standard InChI is InChI=1S/C15H16N4O2/c1-10-8-14(19(2)17-10)16-15(20)12-9-13(21-18-12)11-6-4-3-5-7-11/h3-8,13H,9H2,1-2H3,(H,16,20). The number of benzene rings is 1. The molecule has 0 radical (unpaired) electrons. The summed E-state index contributed by atoms with van der Waals surface area (Å²) >= 11 is 0. The van der Waals surface area contributed by atoms with Gasteiger partial charge in [-0.2, -0.15) is 5.10 Å². The molecule has 0 saturated carbocycles. The highest BCUT2D eigenvalue weighted by molar-refractivity contribution is 6.43. The molecule has 1 aromatic carbocycles. The highest BCUT2D eigenvalue weighted by Gasteiger charge is 2.27. The zero-order valence-corrected chi connectivity index (χ0v) is 11.9. The van der Waals surface area contributed by atoms with Crippen LogP contribution in [0.1, 0.15) is 23.8 Å². The van der Waals surface area contributed by atoms with E-state index < -0.39 is 0 Å². The molecule has 3 rings (SSSR count). The first-order chi connectivity index (χ1) is 10.1. The summed E-state index contributed by atoms with van der Waals surface area (Å²) in [5.74, 6) is 0.389. The summed E-state index contributed by atoms with van der Waals surface area (Å²) in [5.41, 5.74) is 2.25. The van der Waals surface area contributed by atoms with E-state index >= 15 is 0 Å². The molecule has 1 atom stereocenters. The average molecular weight is 284 g/mol. The van der Waals surface area contributed by atoms with Crippen LogP contribution in [0, 0.1) is 6.92 Å². The number of aryl methyl sites for hydroxylation is 2. The Morgan fingerprint density at radius 3 is 2.81 bits per heavy atom. The fourth-order valence-electron chi connectivity index (χ4n) is 2.27. The minimum absolute atomic E-state index is 0.194. The normalized spacial score (nSPS) is 17.2. The van der Waals surface area contributed by atoms with E-state index in [9.17, 15) is 4.79 Å². The van der Waals surface area contributed by atoms with E-state index in [2.05, 4.69) is 15.6 Å². The van der Waals surface area contributed by atoms with Gasteiger partial charge in [0.05, 0.1) is 5.69 Å². The van der Waals surface area contributed by atoms with Crippen LogP contribution >= 0.6 is 0 Å². The van der Waals surface area contributed by atoms with Crippen LogP contribution in [-0.4, -0.2) is 21.4 Å². The summed E-state index contributed by atoms with van der Waals surface area (Å²) in [6.07, 6.45) is 0.271. The zero-order chi connectivity index (χ0) is 14.8. The van der Waals surface area contributed by atoms with Gasteiger partial charge in [-0.05, 0) is 12.5 Å². The van der Waals surface area contributed by atoms with Crippen molar-refractivity contribution in [1.82, 2.24) is 9.78 Å². The second-order valence-corrected chi connectivity index (χ2v) is 5.00. The summed E-state index contributed by atoms with van der Waals surface area (Å²) in [7, 11) is 1.78. The van der Waals surface area contributed by atoms with Gasteiger partial charge >= 0.3 is 0 Å². The average Bonchev–Trinajstić information content (AvgIpc) is 3.07. The molecule has 1 aromatic heterocycles. The summed E-state index contributed by atoms with van der Waals surface area (Å²) in [4.78, 5) is 17.5. The van der Waals surface area contributed by atoms with E-state index in [1.54, 1.807) is 11.7 Å². The topological polar surface area (TPSA) is 68.5 Å². The number of oxime groups is 1. The van der Waals surface area contributed by atoms with Crippen molar-refractivity contribution in [1.29, 1.82) is 0 Å². The number of anilines is 1. The molecule has 1 unspecified atom stereocenters. The highest BCUT2D eigenvalue weighted by Crippen LogP contribution is 2.27. The SMILES string of the molecule is Cc1cc(NC(=O)C2=NOC(c3ccccc3)C2)n(C)n1. The van der Waals surface area contributed by atoms with Crippen molar-refractivity contribution < 1.29 is 9.63 Å². The molecule has 108 valence electrons. The molecule has 1 aliphatic rings. The van der Waals surface area contributed by atoms with Gasteiger partial charge in [0.25, 0.3) is 5.91 Å². The Bertz CT molecular complexity index is 691. The summed E-state index contributed by atoms with van der Waals surface area (Å²) in [5, 5.41) is 10.9. The number of amides is 1. The Hall–Kier alpha value is -2.63. The fraction of sp³-hybridized carbons (Fsp3) is 0.267. The summed E-state index contributed by atoms with van der Waals surface area (Å²) in [6.45, 7) is 1.87. The van der Waals surface area contributed by atoms with Gasteiger partial charge in [-0.25, -0.2) is 0 Å². The van der Waals surface area contributed by atoms with Crippen LogP contribution in [-0.2, 0) is 16.7 Å². The maximum absolute atomic E-state index is 12.2. The first-order valence-electron chi connectivity index (χ1n) is 6.73. The van der Waals surface area contributed by atoms with Gasteiger partial charge in [0, 0.05) is 19.5 Å². The molecular weight excluding hydrogens is 268 g/mol. The second kappa shape index (κ2) is 5.40. The first-order valence-corrected chi connectivity index (χ1v) is 6.73. The van der Waals surface area contributed by atoms with Crippen molar-refractivity contribution in [2.45, 2.75) is 19.4 Å². The van der Waals surface area contributed by atoms with Crippen LogP contribution in [0.5, 0.6) is 0 Å². The molecule has 0 saturated heterocycles. The molecule has 6 heteroatoms. The van der Waals surface area contributed by atoms with E-state index in [1.807, 2.05) is 43.3 Å². The molecule has 2 heterocycles. The number of aromatic nitrogens is 2. The van der Waals surface area contributed by atoms with E-state index in [4.69, 9.17) is 4.84 Å². The van der Waals surface area contributed by atoms with E-state index in [0.717, 1.165) is 11.3 Å². The Morgan fingerprint density at radius 2 is 2.14 bits per heavy atom. The number of carbonyl (C=O) groups is 1. The molecule has 21 heavy (non-hydrogen) atoms. The smallest absolute Gasteiger partial charge is 0.274 e. The number of nitrogens with one attached hydrogen (secondary N) is 1. The zero-order valence-electron chi connectivity index (χ0n) is 11.9. The Morgan fingerprint density at radius 1 is 1.38 bits per heavy atom. The Balaban J connectivity index is 1.66. The number of hydrogen-bond donors (Lipinski definition) is 1. The van der Waals surface area contributed by atoms with Crippen molar-refractivity contribution in [2.75, 3.05) is 5.32 Å². The molecule has 1 N–H and O–H groups in total. The lowest BCUT2D eigenvalue weighted by molar-refractivity contribution is -0.110. The van der Waals surface area contributed by atoms with Crippen molar-refractivity contribution in [3.8, 4) is 0 Å². The Labute approximate surface area is 122 Å². The third-order valence-corrected chi connectivity index (χ3v) is 3.35. The lowest BCUT2D eigenvalue weighted by Crippen LogP contribution is -2.23. The van der Waals surface area contributed by atoms with Crippen LogP contribution in [0.15, 0.2) is 41.6 Å². The van der Waals surface area contributed by atoms with Gasteiger partial charge in [0.1, 0.15) is 11.5 Å². The maximum Gasteiger partial charge on any atom is 0.274 e. The monoisotopic (exact) mass is 284 g/mol. The minimum Gasteiger partial charge on any atom is -0.387 e. The largest absolute Gasteiger partial charge is 0.387 e. The quantitative estimate of drug-likeness (QED) is 0.939. The molecule has 6 nitrogen and oxygen atoms in total. The predicted molar refractivity (Wildman–Crippen MR) is 78.9 cm³/mol. The van der Waals surface area contributed by atoms with Crippen LogP contribution < -0.4 is 5.32 Å². The van der Waals surface area contributed by atoms with Gasteiger partial charge in [-0.1, -0.05) is 35.5 Å². The van der Waals surface area contributed by atoms with Crippen LogP contribution in [0.4, 0.5) is 5.82 Å². The van der Waals surface area contributed by atoms with Crippen molar-refractivity contribution in [3.05, 3.63) is 47.7 Å². The number of carbonyl (C=O) groups excluding carboxylic acids is 1. The van der Waals surface area contributed by atoms with Crippen molar-refractivity contribution in [3.63, 3.8) is 0 Å². The van der Waals surface area contributed by atoms with Crippen LogP contribution in [0.25, 0.3) is 0 Å². The predicted octanol–water partition coefficient (Wildman–Crippen LogP) is 2.18. The lowest BCUT2D eigenvalue weighted by atomic mass is 10.0. The summed E-state index contributed by atoms with van der Waals surface area (Å²) < 4.78 is 1.62. The molecule has 2 aromatic rings. The van der Waals surface area contributed by atoms with Gasteiger partial charge in [-0.15, -0.1) is 0 Å². The molecule has 1 aliphatic heterocycles. The van der Waals surface area contributed by atoms with Gasteiger partial charge in [-0.3, -0.25) is 9.48 Å². The van der Waals surface area contributed by atoms with E-state index in [0.29, 0.717) is 18.0 Å². The van der Waals surface area contributed by atoms with Crippen molar-refractivity contribution >= 4 is 17.4 Å². The molecule has 0 bridgehead atoms.